The van der Waals surface area contributed by atoms with Crippen LogP contribution in [-0.4, -0.2) is 30.3 Å². The third-order valence-electron chi connectivity index (χ3n) is 6.79. The molecular formula is C23H30N6O4S. The van der Waals surface area contributed by atoms with Crippen LogP contribution >= 0.6 is 11.3 Å². The minimum atomic E-state index is -0.469. The summed E-state index contributed by atoms with van der Waals surface area (Å²) >= 11 is 1.59. The number of hydrogen-bond acceptors (Lipinski definition) is 7. The van der Waals surface area contributed by atoms with Crippen molar-refractivity contribution in [3.63, 3.8) is 0 Å². The summed E-state index contributed by atoms with van der Waals surface area (Å²) in [6.07, 6.45) is 2.82. The average Bonchev–Trinajstić information content (AvgIpc) is 3.24. The van der Waals surface area contributed by atoms with Crippen LogP contribution in [0.4, 0.5) is 5.69 Å². The second-order valence-electron chi connectivity index (χ2n) is 10.1. The molecule has 4 rings (SSSR count). The van der Waals surface area contributed by atoms with Crippen LogP contribution in [-0.2, 0) is 24.2 Å². The lowest BCUT2D eigenvalue weighted by atomic mass is 9.72. The molecule has 3 aromatic heterocycles. The van der Waals surface area contributed by atoms with Crippen LogP contribution in [0.25, 0.3) is 10.2 Å². The maximum atomic E-state index is 13.4. The largest absolute Gasteiger partial charge is 0.312 e. The summed E-state index contributed by atoms with van der Waals surface area (Å²) in [7, 11) is 0. The predicted molar refractivity (Wildman–Crippen MR) is 131 cm³/mol. The molecule has 1 atom stereocenters. The van der Waals surface area contributed by atoms with E-state index in [1.807, 2.05) is 0 Å². The summed E-state index contributed by atoms with van der Waals surface area (Å²) in [5.74, 6) is 0.582. The Hall–Kier alpha value is -3.08. The van der Waals surface area contributed by atoms with Crippen molar-refractivity contribution in [2.24, 2.45) is 11.3 Å². The van der Waals surface area contributed by atoms with Gasteiger partial charge in [0.2, 0.25) is 5.91 Å². The van der Waals surface area contributed by atoms with Crippen molar-refractivity contribution in [3.05, 3.63) is 48.1 Å². The standard InChI is InChI=1S/C23H30N6O4S/c1-12-20(29(32)33)13(2)27(25-12)10-9-18(30)26-28-14(3)24-21-19(22(28)31)16-8-7-15(23(4,5)6)11-17(16)34-21/h15H,7-11H2,1-6H3,(H,26,30)/t15-/m1/s1. The third-order valence-corrected chi connectivity index (χ3v) is 7.94. The Morgan fingerprint density at radius 1 is 1.29 bits per heavy atom. The van der Waals surface area contributed by atoms with Crippen LogP contribution in [0.5, 0.6) is 0 Å². The fourth-order valence-electron chi connectivity index (χ4n) is 4.75. The average molecular weight is 487 g/mol. The van der Waals surface area contributed by atoms with Gasteiger partial charge in [-0.3, -0.25) is 29.8 Å². The van der Waals surface area contributed by atoms with E-state index in [-0.39, 0.29) is 29.6 Å². The van der Waals surface area contributed by atoms with E-state index < -0.39 is 10.8 Å². The minimum Gasteiger partial charge on any atom is -0.273 e. The SMILES string of the molecule is Cc1nn(CCC(=O)Nn2c(C)nc3sc4c(c3c2=O)CC[C@@H](C(C)(C)C)C4)c(C)c1[N+](=O)[O-]. The van der Waals surface area contributed by atoms with E-state index in [0.717, 1.165) is 29.7 Å². The number of hydrogen-bond donors (Lipinski definition) is 1. The van der Waals surface area contributed by atoms with E-state index in [1.54, 1.807) is 32.1 Å². The molecule has 0 spiro atoms. The summed E-state index contributed by atoms with van der Waals surface area (Å²) in [5.41, 5.74) is 4.33. The lowest BCUT2D eigenvalue weighted by Crippen LogP contribution is -2.36. The molecule has 0 unspecified atom stereocenters. The zero-order valence-corrected chi connectivity index (χ0v) is 21.2. The molecule has 10 nitrogen and oxygen atoms in total. The lowest BCUT2D eigenvalue weighted by Gasteiger charge is -2.33. The number of carbonyl (C=O) groups excluding carboxylic acids is 1. The molecule has 0 bridgehead atoms. The molecule has 182 valence electrons. The first-order valence-corrected chi connectivity index (χ1v) is 12.2. The predicted octanol–water partition coefficient (Wildman–Crippen LogP) is 3.80. The van der Waals surface area contributed by atoms with Gasteiger partial charge in [-0.05, 0) is 56.9 Å². The Balaban J connectivity index is 1.56. The van der Waals surface area contributed by atoms with E-state index in [0.29, 0.717) is 28.5 Å². The topological polar surface area (TPSA) is 125 Å². The molecule has 0 aliphatic heterocycles. The fraction of sp³-hybridized carbons (Fsp3) is 0.565. The molecule has 3 aromatic rings. The van der Waals surface area contributed by atoms with Gasteiger partial charge < -0.3 is 0 Å². The van der Waals surface area contributed by atoms with E-state index in [1.165, 1.54) is 14.2 Å². The van der Waals surface area contributed by atoms with Gasteiger partial charge in [0.15, 0.2) is 0 Å². The van der Waals surface area contributed by atoms with Gasteiger partial charge in [0.1, 0.15) is 22.0 Å². The molecule has 0 saturated carbocycles. The zero-order valence-electron chi connectivity index (χ0n) is 20.4. The quantitative estimate of drug-likeness (QED) is 0.432. The highest BCUT2D eigenvalue weighted by molar-refractivity contribution is 7.18. The summed E-state index contributed by atoms with van der Waals surface area (Å²) in [4.78, 5) is 43.3. The molecule has 1 aliphatic rings. The number of aryl methyl sites for hydroxylation is 4. The maximum absolute atomic E-state index is 13.4. The van der Waals surface area contributed by atoms with Gasteiger partial charge in [-0.1, -0.05) is 20.8 Å². The Morgan fingerprint density at radius 3 is 2.62 bits per heavy atom. The van der Waals surface area contributed by atoms with Crippen molar-refractivity contribution >= 4 is 33.1 Å². The highest BCUT2D eigenvalue weighted by atomic mass is 32.1. The number of fused-ring (bicyclic) bond motifs is 3. The molecule has 0 fully saturated rings. The number of rotatable bonds is 5. The Bertz CT molecular complexity index is 1360. The minimum absolute atomic E-state index is 0.0119. The monoisotopic (exact) mass is 486 g/mol. The Morgan fingerprint density at radius 2 is 2.00 bits per heavy atom. The van der Waals surface area contributed by atoms with Crippen molar-refractivity contribution in [2.45, 2.75) is 73.8 Å². The first-order chi connectivity index (χ1) is 15.9. The number of thiophene rings is 1. The zero-order chi connectivity index (χ0) is 24.9. The second kappa shape index (κ2) is 8.61. The normalized spacial score (nSPS) is 16.0. The number of carbonyl (C=O) groups is 1. The lowest BCUT2D eigenvalue weighted by molar-refractivity contribution is -0.386. The van der Waals surface area contributed by atoms with Gasteiger partial charge in [-0.15, -0.1) is 11.3 Å². The smallest absolute Gasteiger partial charge is 0.273 e. The van der Waals surface area contributed by atoms with Gasteiger partial charge in [-0.25, -0.2) is 9.66 Å². The molecule has 0 aromatic carbocycles. The first kappa shape index (κ1) is 24.1. The molecular weight excluding hydrogens is 456 g/mol. The molecule has 1 N–H and O–H groups in total. The van der Waals surface area contributed by atoms with Crippen LogP contribution in [0, 0.1) is 42.2 Å². The van der Waals surface area contributed by atoms with E-state index >= 15 is 0 Å². The van der Waals surface area contributed by atoms with Crippen LogP contribution in [0.1, 0.15) is 61.3 Å². The summed E-state index contributed by atoms with van der Waals surface area (Å²) in [5, 5.41) is 16.0. The molecule has 1 amide bonds. The van der Waals surface area contributed by atoms with Gasteiger partial charge in [0.25, 0.3) is 5.56 Å². The molecule has 0 radical (unpaired) electrons. The number of amides is 1. The third kappa shape index (κ3) is 4.24. The molecule has 34 heavy (non-hydrogen) atoms. The van der Waals surface area contributed by atoms with E-state index in [9.17, 15) is 19.7 Å². The number of nitrogens with one attached hydrogen (secondary N) is 1. The van der Waals surface area contributed by atoms with Crippen molar-refractivity contribution in [1.82, 2.24) is 19.4 Å². The van der Waals surface area contributed by atoms with Gasteiger partial charge in [0.05, 0.1) is 16.9 Å². The summed E-state index contributed by atoms with van der Waals surface area (Å²) in [6, 6.07) is 0. The van der Waals surface area contributed by atoms with Gasteiger partial charge in [-0.2, -0.15) is 5.10 Å². The van der Waals surface area contributed by atoms with Crippen LogP contribution in [0.3, 0.4) is 0 Å². The fourth-order valence-corrected chi connectivity index (χ4v) is 6.09. The van der Waals surface area contributed by atoms with Gasteiger partial charge in [0, 0.05) is 11.3 Å². The maximum Gasteiger partial charge on any atom is 0.312 e. The molecule has 0 saturated heterocycles. The summed E-state index contributed by atoms with van der Waals surface area (Å²) in [6.45, 7) is 11.8. The number of nitro groups is 1. The van der Waals surface area contributed by atoms with Crippen LogP contribution in [0.15, 0.2) is 4.79 Å². The number of nitrogens with zero attached hydrogens (tertiary/aromatic N) is 5. The second-order valence-corrected chi connectivity index (χ2v) is 11.2. The van der Waals surface area contributed by atoms with Crippen molar-refractivity contribution in [3.8, 4) is 0 Å². The van der Waals surface area contributed by atoms with Crippen LogP contribution in [0.2, 0.25) is 0 Å². The first-order valence-electron chi connectivity index (χ1n) is 11.4. The van der Waals surface area contributed by atoms with Crippen LogP contribution < -0.4 is 11.0 Å². The highest BCUT2D eigenvalue weighted by Gasteiger charge is 2.32. The molecule has 3 heterocycles. The molecule has 1 aliphatic carbocycles. The van der Waals surface area contributed by atoms with E-state index in [2.05, 4.69) is 36.3 Å². The van der Waals surface area contributed by atoms with Crippen molar-refractivity contribution in [1.29, 1.82) is 0 Å². The Kier molecular flexibility index (Phi) is 6.09. The van der Waals surface area contributed by atoms with Crippen molar-refractivity contribution in [2.75, 3.05) is 5.43 Å². The highest BCUT2D eigenvalue weighted by Crippen LogP contribution is 2.42. The Labute approximate surface area is 201 Å². The van der Waals surface area contributed by atoms with Crippen molar-refractivity contribution < 1.29 is 9.72 Å². The molecule has 11 heteroatoms. The van der Waals surface area contributed by atoms with Gasteiger partial charge >= 0.3 is 5.69 Å². The van der Waals surface area contributed by atoms with E-state index in [4.69, 9.17) is 0 Å². The number of aromatic nitrogens is 4. The summed E-state index contributed by atoms with van der Waals surface area (Å²) < 4.78 is 2.67.